The first-order valence-electron chi connectivity index (χ1n) is 7.09. The van der Waals surface area contributed by atoms with E-state index in [9.17, 15) is 4.39 Å². The molecule has 1 aromatic heterocycles. The highest BCUT2D eigenvalue weighted by molar-refractivity contribution is 14.0. The Kier molecular flexibility index (Phi) is 7.47. The summed E-state index contributed by atoms with van der Waals surface area (Å²) in [5.41, 5.74) is 2.93. The molecule has 0 spiro atoms. The van der Waals surface area contributed by atoms with Crippen LogP contribution in [0, 0.1) is 19.7 Å². The number of nitrogens with zero attached hydrogens (tertiary/aromatic N) is 3. The van der Waals surface area contributed by atoms with E-state index in [1.165, 1.54) is 12.1 Å². The molecule has 23 heavy (non-hydrogen) atoms. The average molecular weight is 432 g/mol. The molecule has 0 fully saturated rings. The van der Waals surface area contributed by atoms with Crippen LogP contribution < -0.4 is 5.32 Å². The second kappa shape index (κ2) is 8.85. The van der Waals surface area contributed by atoms with Crippen molar-refractivity contribution in [3.05, 3.63) is 52.7 Å². The molecule has 0 bridgehead atoms. The van der Waals surface area contributed by atoms with E-state index < -0.39 is 0 Å². The monoisotopic (exact) mass is 432 g/mol. The number of hydrogen-bond donors (Lipinski definition) is 1. The highest BCUT2D eigenvalue weighted by atomic mass is 127. The number of nitrogens with one attached hydrogen (secondary N) is 1. The van der Waals surface area contributed by atoms with Crippen molar-refractivity contribution in [3.8, 4) is 0 Å². The van der Waals surface area contributed by atoms with E-state index in [2.05, 4.69) is 15.5 Å². The molecule has 0 aliphatic rings. The van der Waals surface area contributed by atoms with E-state index in [0.29, 0.717) is 13.1 Å². The Bertz CT molecular complexity index is 635. The number of rotatable bonds is 4. The average Bonchev–Trinajstić information content (AvgIpc) is 2.82. The minimum absolute atomic E-state index is 0. The van der Waals surface area contributed by atoms with Crippen molar-refractivity contribution in [2.24, 2.45) is 4.99 Å². The van der Waals surface area contributed by atoms with E-state index in [0.717, 1.165) is 28.5 Å². The van der Waals surface area contributed by atoms with Crippen molar-refractivity contribution in [1.82, 2.24) is 15.4 Å². The minimum Gasteiger partial charge on any atom is -0.361 e. The predicted molar refractivity (Wildman–Crippen MR) is 99.5 cm³/mol. The highest BCUT2D eigenvalue weighted by Crippen LogP contribution is 2.12. The first-order chi connectivity index (χ1) is 10.5. The van der Waals surface area contributed by atoms with Crippen molar-refractivity contribution in [2.45, 2.75) is 26.9 Å². The first kappa shape index (κ1) is 19.4. The Labute approximate surface area is 153 Å². The van der Waals surface area contributed by atoms with Gasteiger partial charge in [0, 0.05) is 32.7 Å². The summed E-state index contributed by atoms with van der Waals surface area (Å²) in [6.45, 7) is 5.05. The summed E-state index contributed by atoms with van der Waals surface area (Å²) in [7, 11) is 3.67. The van der Waals surface area contributed by atoms with Crippen molar-refractivity contribution < 1.29 is 8.91 Å². The van der Waals surface area contributed by atoms with Gasteiger partial charge in [0.25, 0.3) is 0 Å². The summed E-state index contributed by atoms with van der Waals surface area (Å²) < 4.78 is 18.1. The number of aliphatic imine (C=N–C) groups is 1. The molecule has 1 aromatic carbocycles. The molecule has 0 amide bonds. The minimum atomic E-state index is -0.229. The van der Waals surface area contributed by atoms with Gasteiger partial charge in [-0.05, 0) is 31.5 Å². The molecule has 2 rings (SSSR count). The van der Waals surface area contributed by atoms with Crippen molar-refractivity contribution in [2.75, 3.05) is 14.1 Å². The fraction of sp³-hybridized carbons (Fsp3) is 0.375. The lowest BCUT2D eigenvalue weighted by Crippen LogP contribution is -2.38. The third kappa shape index (κ3) is 5.19. The van der Waals surface area contributed by atoms with Gasteiger partial charge in [-0.1, -0.05) is 17.3 Å². The number of aromatic nitrogens is 1. The van der Waals surface area contributed by atoms with Gasteiger partial charge in [-0.3, -0.25) is 4.99 Å². The quantitative estimate of drug-likeness (QED) is 0.458. The Hall–Kier alpha value is -1.64. The third-order valence-corrected chi connectivity index (χ3v) is 3.51. The Morgan fingerprint density at radius 2 is 1.96 bits per heavy atom. The molecule has 0 aliphatic heterocycles. The van der Waals surface area contributed by atoms with Gasteiger partial charge in [0.05, 0.1) is 5.69 Å². The van der Waals surface area contributed by atoms with Gasteiger partial charge >= 0.3 is 0 Å². The van der Waals surface area contributed by atoms with Gasteiger partial charge in [0.15, 0.2) is 5.96 Å². The Balaban J connectivity index is 0.00000264. The molecule has 0 saturated carbocycles. The highest BCUT2D eigenvalue weighted by Gasteiger charge is 2.11. The second-order valence-corrected chi connectivity index (χ2v) is 5.19. The van der Waals surface area contributed by atoms with E-state index in [-0.39, 0.29) is 29.8 Å². The normalized spacial score (nSPS) is 11.1. The number of halogens is 2. The Morgan fingerprint density at radius 3 is 2.48 bits per heavy atom. The SMILES string of the molecule is CN=C(NCc1c(C)noc1C)N(C)Cc1ccc(F)cc1.I. The zero-order chi connectivity index (χ0) is 16.1. The second-order valence-electron chi connectivity index (χ2n) is 5.19. The maximum atomic E-state index is 12.9. The fourth-order valence-electron chi connectivity index (χ4n) is 2.25. The predicted octanol–water partition coefficient (Wildman–Crippen LogP) is 3.26. The zero-order valence-electron chi connectivity index (χ0n) is 13.8. The molecule has 0 unspecified atom stereocenters. The lowest BCUT2D eigenvalue weighted by Gasteiger charge is -2.22. The molecule has 0 radical (unpaired) electrons. The smallest absolute Gasteiger partial charge is 0.193 e. The molecule has 0 atom stereocenters. The number of hydrogen-bond acceptors (Lipinski definition) is 3. The van der Waals surface area contributed by atoms with Crippen molar-refractivity contribution >= 4 is 29.9 Å². The summed E-state index contributed by atoms with van der Waals surface area (Å²) in [5, 5.41) is 7.22. The Morgan fingerprint density at radius 1 is 1.30 bits per heavy atom. The lowest BCUT2D eigenvalue weighted by molar-refractivity contribution is 0.392. The van der Waals surface area contributed by atoms with Crippen molar-refractivity contribution in [1.29, 1.82) is 0 Å². The number of aryl methyl sites for hydroxylation is 2. The summed E-state index contributed by atoms with van der Waals surface area (Å²) >= 11 is 0. The molecule has 7 heteroatoms. The van der Waals surface area contributed by atoms with E-state index in [1.807, 2.05) is 25.8 Å². The molecule has 1 heterocycles. The molecule has 126 valence electrons. The molecule has 0 aliphatic carbocycles. The summed E-state index contributed by atoms with van der Waals surface area (Å²) in [5.74, 6) is 1.33. The fourth-order valence-corrected chi connectivity index (χ4v) is 2.25. The molecule has 1 N–H and O–H groups in total. The van der Waals surface area contributed by atoms with Gasteiger partial charge in [0.2, 0.25) is 0 Å². The molecular formula is C16H22FIN4O. The van der Waals surface area contributed by atoms with Gasteiger partial charge in [-0.2, -0.15) is 0 Å². The molecule has 2 aromatic rings. The number of benzene rings is 1. The van der Waals surface area contributed by atoms with Crippen molar-refractivity contribution in [3.63, 3.8) is 0 Å². The topological polar surface area (TPSA) is 53.7 Å². The van der Waals surface area contributed by atoms with Crippen LogP contribution in [0.3, 0.4) is 0 Å². The van der Waals surface area contributed by atoms with E-state index in [4.69, 9.17) is 4.52 Å². The number of guanidine groups is 1. The van der Waals surface area contributed by atoms with Gasteiger partial charge in [0.1, 0.15) is 11.6 Å². The largest absolute Gasteiger partial charge is 0.361 e. The van der Waals surface area contributed by atoms with E-state index in [1.54, 1.807) is 19.2 Å². The van der Waals surface area contributed by atoms with Gasteiger partial charge in [-0.25, -0.2) is 4.39 Å². The van der Waals surface area contributed by atoms with Crippen LogP contribution in [-0.4, -0.2) is 30.1 Å². The van der Waals surface area contributed by atoms with Crippen LogP contribution in [-0.2, 0) is 13.1 Å². The van der Waals surface area contributed by atoms with Gasteiger partial charge < -0.3 is 14.7 Å². The summed E-state index contributed by atoms with van der Waals surface area (Å²) in [6.07, 6.45) is 0. The van der Waals surface area contributed by atoms with Crippen LogP contribution in [0.15, 0.2) is 33.8 Å². The third-order valence-electron chi connectivity index (χ3n) is 3.51. The summed E-state index contributed by atoms with van der Waals surface area (Å²) in [4.78, 5) is 6.24. The maximum Gasteiger partial charge on any atom is 0.193 e. The maximum absolute atomic E-state index is 12.9. The van der Waals surface area contributed by atoms with Crippen LogP contribution in [0.4, 0.5) is 4.39 Å². The van der Waals surface area contributed by atoms with Crippen LogP contribution in [0.25, 0.3) is 0 Å². The lowest BCUT2D eigenvalue weighted by atomic mass is 10.2. The van der Waals surface area contributed by atoms with E-state index >= 15 is 0 Å². The summed E-state index contributed by atoms with van der Waals surface area (Å²) in [6, 6.07) is 6.47. The van der Waals surface area contributed by atoms with Crippen LogP contribution >= 0.6 is 24.0 Å². The van der Waals surface area contributed by atoms with Crippen LogP contribution in [0.5, 0.6) is 0 Å². The van der Waals surface area contributed by atoms with Gasteiger partial charge in [-0.15, -0.1) is 24.0 Å². The zero-order valence-corrected chi connectivity index (χ0v) is 16.1. The first-order valence-corrected chi connectivity index (χ1v) is 7.09. The molecular weight excluding hydrogens is 410 g/mol. The molecule has 5 nitrogen and oxygen atoms in total. The standard InChI is InChI=1S/C16H21FN4O.HI/c1-11-15(12(2)22-20-11)9-19-16(18-3)21(4)10-13-5-7-14(17)8-6-13;/h5-8H,9-10H2,1-4H3,(H,18,19);1H. The van der Waals surface area contributed by atoms with Crippen LogP contribution in [0.1, 0.15) is 22.6 Å². The molecule has 0 saturated heterocycles. The van der Waals surface area contributed by atoms with Crippen LogP contribution in [0.2, 0.25) is 0 Å².